The topological polar surface area (TPSA) is 58.6 Å². The molecular formula is C19H26N2O3. The van der Waals surface area contributed by atoms with Crippen molar-refractivity contribution in [1.29, 1.82) is 0 Å². The lowest BCUT2D eigenvalue weighted by Crippen LogP contribution is -2.44. The third-order valence-electron chi connectivity index (χ3n) is 4.96. The summed E-state index contributed by atoms with van der Waals surface area (Å²) < 4.78 is 5.36. The summed E-state index contributed by atoms with van der Waals surface area (Å²) in [7, 11) is 0. The highest BCUT2D eigenvalue weighted by molar-refractivity contribution is 5.90. The average molecular weight is 330 g/mol. The molecule has 2 aliphatic rings. The van der Waals surface area contributed by atoms with Crippen LogP contribution in [-0.2, 0) is 9.53 Å². The molecule has 2 amide bonds. The number of carbonyl (C=O) groups excluding carboxylic acids is 2. The molecule has 1 aliphatic heterocycles. The fraction of sp³-hybridized carbons (Fsp3) is 0.579. The van der Waals surface area contributed by atoms with E-state index in [1.54, 1.807) is 0 Å². The number of nitrogens with one attached hydrogen (secondary N) is 1. The van der Waals surface area contributed by atoms with Crippen LogP contribution in [0.4, 0.5) is 4.79 Å². The Bertz CT molecular complexity index is 632. The summed E-state index contributed by atoms with van der Waals surface area (Å²) in [4.78, 5) is 26.9. The van der Waals surface area contributed by atoms with Gasteiger partial charge < -0.3 is 15.0 Å². The maximum Gasteiger partial charge on any atom is 0.407 e. The van der Waals surface area contributed by atoms with Crippen LogP contribution in [0.2, 0.25) is 0 Å². The van der Waals surface area contributed by atoms with Crippen LogP contribution >= 0.6 is 0 Å². The molecule has 3 rings (SSSR count). The van der Waals surface area contributed by atoms with Gasteiger partial charge in [-0.1, -0.05) is 30.3 Å². The van der Waals surface area contributed by atoms with Crippen molar-refractivity contribution in [3.63, 3.8) is 0 Å². The van der Waals surface area contributed by atoms with E-state index in [1.165, 1.54) is 0 Å². The van der Waals surface area contributed by atoms with Gasteiger partial charge in [-0.25, -0.2) is 4.79 Å². The standard InChI is InChI=1S/C19H26N2O3/c1-13(14-8-6-5-7-9-14)21-12-15(19(10-11-19)16(21)22)20-17(23)24-18(2,3)4/h5-9,13,15H,10-12H2,1-4H3,(H,20,23). The number of ether oxygens (including phenoxy) is 1. The van der Waals surface area contributed by atoms with Crippen LogP contribution in [0.25, 0.3) is 0 Å². The summed E-state index contributed by atoms with van der Waals surface area (Å²) in [6.07, 6.45) is 1.23. The lowest BCUT2D eigenvalue weighted by Gasteiger charge is -2.25. The van der Waals surface area contributed by atoms with Gasteiger partial charge in [0.05, 0.1) is 17.5 Å². The molecule has 2 unspecified atom stereocenters. The van der Waals surface area contributed by atoms with E-state index in [0.29, 0.717) is 6.54 Å². The minimum Gasteiger partial charge on any atom is -0.444 e. The number of rotatable bonds is 3. The van der Waals surface area contributed by atoms with Gasteiger partial charge in [0.15, 0.2) is 0 Å². The van der Waals surface area contributed by atoms with Crippen molar-refractivity contribution in [2.24, 2.45) is 5.41 Å². The van der Waals surface area contributed by atoms with E-state index in [2.05, 4.69) is 5.32 Å². The molecule has 1 heterocycles. The number of likely N-dealkylation sites (tertiary alicyclic amines) is 1. The highest BCUT2D eigenvalue weighted by atomic mass is 16.6. The summed E-state index contributed by atoms with van der Waals surface area (Å²) >= 11 is 0. The largest absolute Gasteiger partial charge is 0.444 e. The van der Waals surface area contributed by atoms with Crippen molar-refractivity contribution in [2.45, 2.75) is 58.2 Å². The van der Waals surface area contributed by atoms with Crippen LogP contribution in [0, 0.1) is 5.41 Å². The molecular weight excluding hydrogens is 304 g/mol. The molecule has 1 saturated carbocycles. The van der Waals surface area contributed by atoms with E-state index in [1.807, 2.05) is 62.9 Å². The molecule has 0 aromatic heterocycles. The predicted octanol–water partition coefficient (Wildman–Crippen LogP) is 3.26. The molecule has 1 aromatic carbocycles. The zero-order valence-corrected chi connectivity index (χ0v) is 14.8. The molecule has 130 valence electrons. The van der Waals surface area contributed by atoms with Gasteiger partial charge in [0.2, 0.25) is 5.91 Å². The maximum absolute atomic E-state index is 12.9. The van der Waals surface area contributed by atoms with E-state index < -0.39 is 17.1 Å². The summed E-state index contributed by atoms with van der Waals surface area (Å²) in [5.41, 5.74) is 0.153. The second kappa shape index (κ2) is 5.80. The van der Waals surface area contributed by atoms with Gasteiger partial charge in [0.25, 0.3) is 0 Å². The molecule has 2 fully saturated rings. The van der Waals surface area contributed by atoms with Crippen molar-refractivity contribution >= 4 is 12.0 Å². The second-order valence-electron chi connectivity index (χ2n) is 7.90. The first-order chi connectivity index (χ1) is 11.2. The van der Waals surface area contributed by atoms with Crippen molar-refractivity contribution in [2.75, 3.05) is 6.54 Å². The van der Waals surface area contributed by atoms with Crippen LogP contribution < -0.4 is 5.32 Å². The van der Waals surface area contributed by atoms with Crippen LogP contribution in [0.5, 0.6) is 0 Å². The van der Waals surface area contributed by atoms with Gasteiger partial charge in [0, 0.05) is 6.54 Å². The zero-order valence-electron chi connectivity index (χ0n) is 14.8. The fourth-order valence-corrected chi connectivity index (χ4v) is 3.47. The first kappa shape index (κ1) is 16.8. The maximum atomic E-state index is 12.9. The Morgan fingerprint density at radius 3 is 2.46 bits per heavy atom. The Hall–Kier alpha value is -2.04. The Morgan fingerprint density at radius 2 is 1.92 bits per heavy atom. The van der Waals surface area contributed by atoms with Gasteiger partial charge >= 0.3 is 6.09 Å². The quantitative estimate of drug-likeness (QED) is 0.925. The fourth-order valence-electron chi connectivity index (χ4n) is 3.47. The third kappa shape index (κ3) is 3.12. The lowest BCUT2D eigenvalue weighted by molar-refractivity contribution is -0.134. The molecule has 0 radical (unpaired) electrons. The predicted molar refractivity (Wildman–Crippen MR) is 91.4 cm³/mol. The molecule has 1 aromatic rings. The van der Waals surface area contributed by atoms with Gasteiger partial charge in [-0.3, -0.25) is 4.79 Å². The summed E-state index contributed by atoms with van der Waals surface area (Å²) in [6, 6.07) is 9.83. The average Bonchev–Trinajstić information content (AvgIpc) is 3.26. The van der Waals surface area contributed by atoms with Gasteiger partial charge in [-0.05, 0) is 46.1 Å². The summed E-state index contributed by atoms with van der Waals surface area (Å²) in [5, 5.41) is 2.93. The normalized spacial score (nSPS) is 23.2. The first-order valence-electron chi connectivity index (χ1n) is 8.58. The Morgan fingerprint density at radius 1 is 1.29 bits per heavy atom. The Kier molecular flexibility index (Phi) is 4.06. The Labute approximate surface area is 143 Å². The van der Waals surface area contributed by atoms with Gasteiger partial charge in [-0.2, -0.15) is 0 Å². The minimum atomic E-state index is -0.541. The van der Waals surface area contributed by atoms with Gasteiger partial charge in [0.1, 0.15) is 5.60 Å². The monoisotopic (exact) mass is 330 g/mol. The number of benzene rings is 1. The molecule has 5 heteroatoms. The lowest BCUT2D eigenvalue weighted by atomic mass is 10.0. The first-order valence-corrected chi connectivity index (χ1v) is 8.58. The summed E-state index contributed by atoms with van der Waals surface area (Å²) in [5.74, 6) is 0.153. The van der Waals surface area contributed by atoms with Crippen LogP contribution in [-0.4, -0.2) is 35.1 Å². The minimum absolute atomic E-state index is 0.00149. The molecule has 1 aliphatic carbocycles. The number of amides is 2. The van der Waals surface area contributed by atoms with E-state index in [9.17, 15) is 9.59 Å². The van der Waals surface area contributed by atoms with E-state index >= 15 is 0 Å². The van der Waals surface area contributed by atoms with Crippen molar-refractivity contribution in [3.8, 4) is 0 Å². The van der Waals surface area contributed by atoms with E-state index in [-0.39, 0.29) is 18.0 Å². The number of nitrogens with zero attached hydrogens (tertiary/aromatic N) is 1. The van der Waals surface area contributed by atoms with Crippen molar-refractivity contribution < 1.29 is 14.3 Å². The smallest absolute Gasteiger partial charge is 0.407 e. The van der Waals surface area contributed by atoms with Gasteiger partial charge in [-0.15, -0.1) is 0 Å². The Balaban J connectivity index is 1.72. The molecule has 5 nitrogen and oxygen atoms in total. The molecule has 2 atom stereocenters. The molecule has 1 spiro atoms. The van der Waals surface area contributed by atoms with Crippen LogP contribution in [0.3, 0.4) is 0 Å². The van der Waals surface area contributed by atoms with E-state index in [0.717, 1.165) is 18.4 Å². The number of carbonyl (C=O) groups is 2. The molecule has 1 N–H and O–H groups in total. The third-order valence-corrected chi connectivity index (χ3v) is 4.96. The highest BCUT2D eigenvalue weighted by Gasteiger charge is 2.63. The molecule has 24 heavy (non-hydrogen) atoms. The second-order valence-corrected chi connectivity index (χ2v) is 7.90. The zero-order chi connectivity index (χ0) is 17.5. The molecule has 0 bridgehead atoms. The van der Waals surface area contributed by atoms with Crippen molar-refractivity contribution in [3.05, 3.63) is 35.9 Å². The van der Waals surface area contributed by atoms with Crippen LogP contribution in [0.15, 0.2) is 30.3 Å². The van der Waals surface area contributed by atoms with Crippen LogP contribution in [0.1, 0.15) is 52.1 Å². The summed E-state index contributed by atoms with van der Waals surface area (Å²) in [6.45, 7) is 8.09. The van der Waals surface area contributed by atoms with E-state index in [4.69, 9.17) is 4.74 Å². The molecule has 1 saturated heterocycles. The highest BCUT2D eigenvalue weighted by Crippen LogP contribution is 2.55. The van der Waals surface area contributed by atoms with Crippen molar-refractivity contribution in [1.82, 2.24) is 10.2 Å². The number of alkyl carbamates (subject to hydrolysis) is 1. The SMILES string of the molecule is CC(c1ccccc1)N1CC(NC(=O)OC(C)(C)C)C2(CC2)C1=O. The number of hydrogen-bond donors (Lipinski definition) is 1. The number of hydrogen-bond acceptors (Lipinski definition) is 3.